The monoisotopic (exact) mass is 489 g/mol. The predicted molar refractivity (Wildman–Crippen MR) is 137 cm³/mol. The Morgan fingerprint density at radius 2 is 1.74 bits per heavy atom. The second-order valence-corrected chi connectivity index (χ2v) is 8.98. The molecule has 8 nitrogen and oxygen atoms in total. The van der Waals surface area contributed by atoms with E-state index < -0.39 is 4.92 Å². The number of aliphatic imine (C=N–C) groups is 1. The van der Waals surface area contributed by atoms with Gasteiger partial charge in [-0.05, 0) is 90.3 Å². The number of carbonyl (C=O) groups excluding carboxylic acids is 1. The number of carbonyl (C=O) groups is 1. The number of non-ortho nitro benzene ring substituents is 1. The maximum absolute atomic E-state index is 12.5. The number of rotatable bonds is 7. The molecule has 1 amide bonds. The maximum Gasteiger partial charge on any atom is 0.269 e. The minimum atomic E-state index is -0.442. The van der Waals surface area contributed by atoms with Crippen LogP contribution in [0.25, 0.3) is 6.08 Å². The van der Waals surface area contributed by atoms with Crippen LogP contribution in [-0.4, -0.2) is 23.1 Å². The van der Waals surface area contributed by atoms with Crippen LogP contribution in [0.4, 0.5) is 11.4 Å². The highest BCUT2D eigenvalue weighted by atomic mass is 32.2. The molecule has 1 heterocycles. The van der Waals surface area contributed by atoms with Gasteiger partial charge in [0.15, 0.2) is 16.7 Å². The number of nitro groups is 1. The van der Waals surface area contributed by atoms with Crippen LogP contribution in [0.3, 0.4) is 0 Å². The second kappa shape index (κ2) is 10.4. The van der Waals surface area contributed by atoms with Crippen LogP contribution in [0.2, 0.25) is 0 Å². The third-order valence-electron chi connectivity index (χ3n) is 5.11. The number of nitro benzene ring substituents is 1. The van der Waals surface area contributed by atoms with Crippen molar-refractivity contribution in [3.8, 4) is 11.5 Å². The maximum atomic E-state index is 12.5. The Labute approximate surface area is 206 Å². The first-order chi connectivity index (χ1) is 16.8. The SMILES string of the molecule is COc1cc(C=C2SC(=Nc3cc(C)cc(C)c3)NC2=O)ccc1OCc1ccc([N+](=O)[O-])cc1. The van der Waals surface area contributed by atoms with Gasteiger partial charge >= 0.3 is 0 Å². The molecule has 0 unspecified atom stereocenters. The van der Waals surface area contributed by atoms with Crippen molar-refractivity contribution in [2.24, 2.45) is 4.99 Å². The average Bonchev–Trinajstić information content (AvgIpc) is 3.15. The number of benzene rings is 3. The molecule has 1 aliphatic heterocycles. The van der Waals surface area contributed by atoms with Crippen LogP contribution in [0, 0.1) is 24.0 Å². The molecule has 1 saturated heterocycles. The van der Waals surface area contributed by atoms with E-state index in [9.17, 15) is 14.9 Å². The van der Waals surface area contributed by atoms with Gasteiger partial charge in [-0.1, -0.05) is 12.1 Å². The molecule has 0 aliphatic carbocycles. The van der Waals surface area contributed by atoms with Gasteiger partial charge in [-0.3, -0.25) is 14.9 Å². The van der Waals surface area contributed by atoms with E-state index in [-0.39, 0.29) is 18.2 Å². The molecule has 0 aromatic heterocycles. The molecule has 0 atom stereocenters. The van der Waals surface area contributed by atoms with E-state index >= 15 is 0 Å². The zero-order valence-electron chi connectivity index (χ0n) is 19.4. The lowest BCUT2D eigenvalue weighted by atomic mass is 10.1. The van der Waals surface area contributed by atoms with Gasteiger partial charge < -0.3 is 14.8 Å². The number of hydrogen-bond acceptors (Lipinski definition) is 7. The molecule has 35 heavy (non-hydrogen) atoms. The van der Waals surface area contributed by atoms with Crippen molar-refractivity contribution >= 4 is 40.3 Å². The lowest BCUT2D eigenvalue weighted by molar-refractivity contribution is -0.384. The van der Waals surface area contributed by atoms with Gasteiger partial charge in [0.1, 0.15) is 6.61 Å². The molecule has 0 spiro atoms. The smallest absolute Gasteiger partial charge is 0.269 e. The van der Waals surface area contributed by atoms with E-state index in [1.54, 1.807) is 30.3 Å². The number of amides is 1. The van der Waals surface area contributed by atoms with E-state index in [0.717, 1.165) is 27.9 Å². The number of aryl methyl sites for hydroxylation is 2. The standard InChI is InChI=1S/C26H23N3O5S/c1-16-10-17(2)12-20(11-16)27-26-28-25(30)24(35-26)14-19-6-9-22(23(13-19)33-3)34-15-18-4-7-21(8-5-18)29(31)32/h4-14H,15H2,1-3H3,(H,27,28,30). The fraction of sp³-hybridized carbons (Fsp3) is 0.154. The first-order valence-corrected chi connectivity index (χ1v) is 11.5. The van der Waals surface area contributed by atoms with Crippen molar-refractivity contribution in [1.82, 2.24) is 5.32 Å². The number of hydrogen-bond donors (Lipinski definition) is 1. The van der Waals surface area contributed by atoms with Crippen molar-refractivity contribution in [1.29, 1.82) is 0 Å². The summed E-state index contributed by atoms with van der Waals surface area (Å²) in [7, 11) is 1.54. The summed E-state index contributed by atoms with van der Waals surface area (Å²) in [5.74, 6) is 0.818. The van der Waals surface area contributed by atoms with E-state index in [0.29, 0.717) is 21.6 Å². The van der Waals surface area contributed by atoms with Crippen molar-refractivity contribution in [2.45, 2.75) is 20.5 Å². The molecule has 178 valence electrons. The Morgan fingerprint density at radius 1 is 1.03 bits per heavy atom. The summed E-state index contributed by atoms with van der Waals surface area (Å²) < 4.78 is 11.3. The highest BCUT2D eigenvalue weighted by molar-refractivity contribution is 8.18. The lowest BCUT2D eigenvalue weighted by Crippen LogP contribution is -2.19. The Morgan fingerprint density at radius 3 is 2.40 bits per heavy atom. The van der Waals surface area contributed by atoms with Crippen LogP contribution in [-0.2, 0) is 11.4 Å². The van der Waals surface area contributed by atoms with Crippen molar-refractivity contribution < 1.29 is 19.2 Å². The van der Waals surface area contributed by atoms with Crippen LogP contribution in [0.5, 0.6) is 11.5 Å². The summed E-state index contributed by atoms with van der Waals surface area (Å²) in [5.41, 5.74) is 4.60. The van der Waals surface area contributed by atoms with Crippen LogP contribution in [0.1, 0.15) is 22.3 Å². The average molecular weight is 490 g/mol. The molecule has 1 N–H and O–H groups in total. The molecule has 0 bridgehead atoms. The first kappa shape index (κ1) is 24.0. The Bertz CT molecular complexity index is 1330. The fourth-order valence-electron chi connectivity index (χ4n) is 3.53. The molecule has 0 radical (unpaired) electrons. The van der Waals surface area contributed by atoms with E-state index in [2.05, 4.69) is 16.4 Å². The molecule has 1 aliphatic rings. The van der Waals surface area contributed by atoms with Crippen molar-refractivity contribution in [3.63, 3.8) is 0 Å². The summed E-state index contributed by atoms with van der Waals surface area (Å²) in [4.78, 5) is 27.9. The third kappa shape index (κ3) is 6.07. The minimum absolute atomic E-state index is 0.0275. The number of nitrogens with one attached hydrogen (secondary N) is 1. The van der Waals surface area contributed by atoms with Crippen LogP contribution < -0.4 is 14.8 Å². The molecule has 4 rings (SSSR count). The number of methoxy groups -OCH3 is 1. The largest absolute Gasteiger partial charge is 0.493 e. The number of thioether (sulfide) groups is 1. The summed E-state index contributed by atoms with van der Waals surface area (Å²) >= 11 is 1.28. The molecular formula is C26H23N3O5S. The molecule has 3 aromatic rings. The minimum Gasteiger partial charge on any atom is -0.493 e. The topological polar surface area (TPSA) is 103 Å². The van der Waals surface area contributed by atoms with Gasteiger partial charge in [-0.15, -0.1) is 0 Å². The Hall–Kier alpha value is -4.11. The number of amidine groups is 1. The van der Waals surface area contributed by atoms with Gasteiger partial charge in [-0.25, -0.2) is 4.99 Å². The molecular weight excluding hydrogens is 466 g/mol. The van der Waals surface area contributed by atoms with Crippen molar-refractivity contribution in [3.05, 3.63) is 97.9 Å². The first-order valence-electron chi connectivity index (χ1n) is 10.7. The van der Waals surface area contributed by atoms with Gasteiger partial charge in [0.2, 0.25) is 0 Å². The summed E-state index contributed by atoms with van der Waals surface area (Å²) in [6, 6.07) is 17.6. The van der Waals surface area contributed by atoms with E-state index in [1.807, 2.05) is 32.0 Å². The zero-order valence-corrected chi connectivity index (χ0v) is 20.2. The number of ether oxygens (including phenoxy) is 2. The quantitative estimate of drug-likeness (QED) is 0.260. The summed E-state index contributed by atoms with van der Waals surface area (Å²) in [6.45, 7) is 4.25. The zero-order chi connectivity index (χ0) is 24.9. The van der Waals surface area contributed by atoms with Crippen molar-refractivity contribution in [2.75, 3.05) is 7.11 Å². The molecule has 0 saturated carbocycles. The predicted octanol–water partition coefficient (Wildman–Crippen LogP) is 5.69. The summed E-state index contributed by atoms with van der Waals surface area (Å²) in [5, 5.41) is 14.1. The van der Waals surface area contributed by atoms with Crippen LogP contribution >= 0.6 is 11.8 Å². The highest BCUT2D eigenvalue weighted by Crippen LogP contribution is 2.33. The normalized spacial score (nSPS) is 15.3. The summed E-state index contributed by atoms with van der Waals surface area (Å²) in [6.07, 6.45) is 1.77. The van der Waals surface area contributed by atoms with Gasteiger partial charge in [0.25, 0.3) is 11.6 Å². The van der Waals surface area contributed by atoms with E-state index in [1.165, 1.54) is 31.0 Å². The van der Waals surface area contributed by atoms with Crippen LogP contribution in [0.15, 0.2) is 70.6 Å². The van der Waals surface area contributed by atoms with Gasteiger partial charge in [0, 0.05) is 12.1 Å². The second-order valence-electron chi connectivity index (χ2n) is 7.95. The van der Waals surface area contributed by atoms with E-state index in [4.69, 9.17) is 9.47 Å². The molecule has 1 fully saturated rings. The highest BCUT2D eigenvalue weighted by Gasteiger charge is 2.24. The Balaban J connectivity index is 1.47. The third-order valence-corrected chi connectivity index (χ3v) is 6.02. The Kier molecular flexibility index (Phi) is 7.17. The van der Waals surface area contributed by atoms with Gasteiger partial charge in [0.05, 0.1) is 22.6 Å². The van der Waals surface area contributed by atoms with Gasteiger partial charge in [-0.2, -0.15) is 0 Å². The molecule has 9 heteroatoms. The fourth-order valence-corrected chi connectivity index (χ4v) is 4.37. The lowest BCUT2D eigenvalue weighted by Gasteiger charge is -2.11. The molecule has 3 aromatic carbocycles. The number of nitrogens with zero attached hydrogens (tertiary/aromatic N) is 2.